The van der Waals surface area contributed by atoms with Gasteiger partial charge in [0.15, 0.2) is 0 Å². The van der Waals surface area contributed by atoms with Crippen LogP contribution in [0.25, 0.3) is 0 Å². The van der Waals surface area contributed by atoms with Crippen LogP contribution in [0.4, 0.5) is 0 Å². The second-order valence-electron chi connectivity index (χ2n) is 5.73. The molecule has 0 atom stereocenters. The minimum Gasteiger partial charge on any atom is -0.307 e. The molecule has 0 radical (unpaired) electrons. The van der Waals surface area contributed by atoms with Gasteiger partial charge in [-0.3, -0.25) is 4.79 Å². The second-order valence-corrected chi connectivity index (χ2v) is 6.15. The summed E-state index contributed by atoms with van der Waals surface area (Å²) in [6.45, 7) is 8.72. The number of rotatable bonds is 2. The van der Waals surface area contributed by atoms with Crippen molar-refractivity contribution in [2.45, 2.75) is 58.0 Å². The van der Waals surface area contributed by atoms with Crippen molar-refractivity contribution < 1.29 is 4.79 Å². The van der Waals surface area contributed by atoms with Gasteiger partial charge in [0.05, 0.1) is 0 Å². The Morgan fingerprint density at radius 1 is 1.29 bits per heavy atom. The Labute approximate surface area is 91.4 Å². The molecule has 1 aliphatic rings. The molecule has 0 unspecified atom stereocenters. The summed E-state index contributed by atoms with van der Waals surface area (Å²) in [4.78, 5) is 10.9. The van der Waals surface area contributed by atoms with Crippen molar-refractivity contribution in [1.82, 2.24) is 5.32 Å². The molecular formula is C11H20ClNO. The summed E-state index contributed by atoms with van der Waals surface area (Å²) in [5.74, 6) is 0.422. The lowest BCUT2D eigenvalue weighted by atomic mass is 9.75. The van der Waals surface area contributed by atoms with Crippen LogP contribution in [0, 0.1) is 5.92 Å². The largest absolute Gasteiger partial charge is 0.307 e. The van der Waals surface area contributed by atoms with Crippen LogP contribution in [0.1, 0.15) is 47.0 Å². The van der Waals surface area contributed by atoms with Crippen LogP contribution in [0.2, 0.25) is 0 Å². The van der Waals surface area contributed by atoms with Gasteiger partial charge in [-0.25, -0.2) is 0 Å². The number of halogens is 1. The van der Waals surface area contributed by atoms with Crippen LogP contribution >= 0.6 is 11.6 Å². The summed E-state index contributed by atoms with van der Waals surface area (Å²) in [5.41, 5.74) is 0.220. The zero-order chi connectivity index (χ0) is 11.0. The van der Waals surface area contributed by atoms with E-state index in [1.54, 1.807) is 0 Å². The fraction of sp³-hybridized carbons (Fsp3) is 0.909. The first-order chi connectivity index (χ1) is 6.20. The molecule has 2 nitrogen and oxygen atoms in total. The molecule has 0 aromatic heterocycles. The first-order valence-electron chi connectivity index (χ1n) is 5.18. The molecule has 1 N–H and O–H groups in total. The third-order valence-electron chi connectivity index (χ3n) is 2.72. The maximum atomic E-state index is 10.9. The Morgan fingerprint density at radius 3 is 2.07 bits per heavy atom. The Balaban J connectivity index is 2.66. The van der Waals surface area contributed by atoms with Gasteiger partial charge < -0.3 is 5.32 Å². The van der Waals surface area contributed by atoms with Crippen molar-refractivity contribution in [3.05, 3.63) is 0 Å². The molecule has 82 valence electrons. The summed E-state index contributed by atoms with van der Waals surface area (Å²) >= 11 is 5.44. The van der Waals surface area contributed by atoms with E-state index in [1.807, 2.05) is 0 Å². The van der Waals surface area contributed by atoms with Gasteiger partial charge in [-0.1, -0.05) is 0 Å². The predicted molar refractivity (Wildman–Crippen MR) is 59.5 cm³/mol. The average molecular weight is 218 g/mol. The van der Waals surface area contributed by atoms with Gasteiger partial charge in [0.2, 0.25) is 5.24 Å². The molecule has 1 rings (SSSR count). The van der Waals surface area contributed by atoms with E-state index in [0.717, 1.165) is 12.8 Å². The van der Waals surface area contributed by atoms with Crippen molar-refractivity contribution in [3.63, 3.8) is 0 Å². The Bertz CT molecular complexity index is 219. The highest BCUT2D eigenvalue weighted by molar-refractivity contribution is 6.63. The van der Waals surface area contributed by atoms with E-state index >= 15 is 0 Å². The molecule has 1 fully saturated rings. The smallest absolute Gasteiger partial charge is 0.221 e. The molecule has 0 saturated carbocycles. The third kappa shape index (κ3) is 3.58. The number of hydrogen-bond donors (Lipinski definition) is 1. The van der Waals surface area contributed by atoms with E-state index in [1.165, 1.54) is 0 Å². The lowest BCUT2D eigenvalue weighted by molar-refractivity contribution is -0.113. The maximum Gasteiger partial charge on any atom is 0.221 e. The lowest BCUT2D eigenvalue weighted by Gasteiger charge is -2.46. The fourth-order valence-corrected chi connectivity index (χ4v) is 3.12. The Morgan fingerprint density at radius 2 is 1.71 bits per heavy atom. The van der Waals surface area contributed by atoms with E-state index in [-0.39, 0.29) is 16.3 Å². The van der Waals surface area contributed by atoms with Crippen molar-refractivity contribution >= 4 is 16.8 Å². The number of nitrogens with one attached hydrogen (secondary N) is 1. The molecule has 14 heavy (non-hydrogen) atoms. The van der Waals surface area contributed by atoms with Crippen molar-refractivity contribution in [3.8, 4) is 0 Å². The molecule has 1 heterocycles. The normalized spacial score (nSPS) is 26.1. The van der Waals surface area contributed by atoms with Crippen molar-refractivity contribution in [2.75, 3.05) is 0 Å². The molecule has 1 saturated heterocycles. The van der Waals surface area contributed by atoms with Gasteiger partial charge in [-0.05, 0) is 58.1 Å². The maximum absolute atomic E-state index is 10.9. The Hall–Kier alpha value is -0.0800. The van der Waals surface area contributed by atoms with E-state index in [9.17, 15) is 4.79 Å². The quantitative estimate of drug-likeness (QED) is 0.721. The zero-order valence-electron chi connectivity index (χ0n) is 9.48. The first kappa shape index (κ1) is 12.0. The van der Waals surface area contributed by atoms with Crippen LogP contribution in [0.15, 0.2) is 0 Å². The van der Waals surface area contributed by atoms with E-state index in [2.05, 4.69) is 33.0 Å². The van der Waals surface area contributed by atoms with Crippen LogP contribution < -0.4 is 5.32 Å². The molecule has 0 aromatic rings. The predicted octanol–water partition coefficient (Wildman–Crippen LogP) is 2.70. The van der Waals surface area contributed by atoms with Crippen molar-refractivity contribution in [2.24, 2.45) is 5.92 Å². The summed E-state index contributed by atoms with van der Waals surface area (Å²) in [7, 11) is 0. The van der Waals surface area contributed by atoms with E-state index < -0.39 is 0 Å². The minimum absolute atomic E-state index is 0.110. The topological polar surface area (TPSA) is 29.1 Å². The molecular weight excluding hydrogens is 198 g/mol. The molecule has 0 aromatic carbocycles. The molecule has 0 amide bonds. The number of piperidine rings is 1. The summed E-state index contributed by atoms with van der Waals surface area (Å²) in [5, 5.41) is 3.38. The molecule has 0 spiro atoms. The van der Waals surface area contributed by atoms with Crippen molar-refractivity contribution in [1.29, 1.82) is 0 Å². The molecule has 1 aliphatic heterocycles. The van der Waals surface area contributed by atoms with Crippen LogP contribution in [0.3, 0.4) is 0 Å². The highest BCUT2D eigenvalue weighted by atomic mass is 35.5. The molecule has 3 heteroatoms. The number of carbonyl (C=O) groups excluding carboxylic acids is 1. The van der Waals surface area contributed by atoms with Gasteiger partial charge in [0, 0.05) is 17.5 Å². The molecule has 0 bridgehead atoms. The monoisotopic (exact) mass is 217 g/mol. The first-order valence-corrected chi connectivity index (χ1v) is 5.56. The fourth-order valence-electron chi connectivity index (χ4n) is 2.90. The summed E-state index contributed by atoms with van der Waals surface area (Å²) in [6.07, 6.45) is 2.56. The number of hydrogen-bond acceptors (Lipinski definition) is 2. The lowest BCUT2D eigenvalue weighted by Crippen LogP contribution is -2.57. The van der Waals surface area contributed by atoms with E-state index in [4.69, 9.17) is 11.6 Å². The van der Waals surface area contributed by atoms with Crippen LogP contribution in [0.5, 0.6) is 0 Å². The summed E-state index contributed by atoms with van der Waals surface area (Å²) < 4.78 is 0. The van der Waals surface area contributed by atoms with Gasteiger partial charge in [-0.15, -0.1) is 0 Å². The highest BCUT2D eigenvalue weighted by Crippen LogP contribution is 2.34. The third-order valence-corrected chi connectivity index (χ3v) is 2.88. The minimum atomic E-state index is -0.205. The highest BCUT2D eigenvalue weighted by Gasteiger charge is 2.37. The van der Waals surface area contributed by atoms with Crippen LogP contribution in [-0.2, 0) is 4.79 Å². The number of carbonyl (C=O) groups is 1. The zero-order valence-corrected chi connectivity index (χ0v) is 10.2. The van der Waals surface area contributed by atoms with Gasteiger partial charge in [0.25, 0.3) is 0 Å². The van der Waals surface area contributed by atoms with E-state index in [0.29, 0.717) is 12.3 Å². The van der Waals surface area contributed by atoms with Gasteiger partial charge in [0.1, 0.15) is 0 Å². The summed E-state index contributed by atoms with van der Waals surface area (Å²) in [6, 6.07) is 0. The van der Waals surface area contributed by atoms with Crippen LogP contribution in [-0.4, -0.2) is 16.3 Å². The SMILES string of the molecule is CC1(C)CC(CC(=O)Cl)CC(C)(C)N1. The average Bonchev–Trinajstić information content (AvgIpc) is 1.74. The van der Waals surface area contributed by atoms with Gasteiger partial charge >= 0.3 is 0 Å². The Kier molecular flexibility index (Phi) is 3.27. The second kappa shape index (κ2) is 3.82. The van der Waals surface area contributed by atoms with Gasteiger partial charge in [-0.2, -0.15) is 0 Å². The standard InChI is InChI=1S/C11H20ClNO/c1-10(2)6-8(5-9(12)14)7-11(3,4)13-10/h8,13H,5-7H2,1-4H3. The molecule has 0 aliphatic carbocycles.